The number of nitrogens with one attached hydrogen (secondary N) is 3. The van der Waals surface area contributed by atoms with Crippen LogP contribution in [-0.2, 0) is 6.54 Å². The largest absolute Gasteiger partial charge is 0.365 e. The molecule has 7 heteroatoms. The van der Waals surface area contributed by atoms with Gasteiger partial charge in [-0.15, -0.1) is 0 Å². The Hall–Kier alpha value is -2.70. The van der Waals surface area contributed by atoms with Crippen LogP contribution in [0.1, 0.15) is 12.5 Å². The van der Waals surface area contributed by atoms with Gasteiger partial charge in [0.25, 0.3) is 0 Å². The van der Waals surface area contributed by atoms with Gasteiger partial charge in [-0.2, -0.15) is 15.1 Å². The molecule has 0 aliphatic heterocycles. The summed E-state index contributed by atoms with van der Waals surface area (Å²) in [6, 6.07) is 6.45. The third-order valence-corrected chi connectivity index (χ3v) is 2.99. The lowest BCUT2D eigenvalue weighted by Gasteiger charge is -2.09. The van der Waals surface area contributed by atoms with Gasteiger partial charge in [0.2, 0.25) is 5.95 Å². The molecule has 3 aromatic rings. The van der Waals surface area contributed by atoms with Crippen molar-refractivity contribution in [2.75, 3.05) is 17.2 Å². The highest BCUT2D eigenvalue weighted by atomic mass is 19.1. The second kappa shape index (κ2) is 5.74. The first-order valence-electron chi connectivity index (χ1n) is 6.69. The highest BCUT2D eigenvalue weighted by Gasteiger charge is 2.09. The minimum absolute atomic E-state index is 0.251. The van der Waals surface area contributed by atoms with E-state index in [1.807, 2.05) is 13.0 Å². The summed E-state index contributed by atoms with van der Waals surface area (Å²) in [5, 5.41) is 13.9. The third-order valence-electron chi connectivity index (χ3n) is 2.99. The van der Waals surface area contributed by atoms with Crippen molar-refractivity contribution in [3.8, 4) is 0 Å². The normalized spacial score (nSPS) is 10.8. The minimum Gasteiger partial charge on any atom is -0.365 e. The maximum atomic E-state index is 13.2. The lowest BCUT2D eigenvalue weighted by molar-refractivity contribution is 0.626. The lowest BCUT2D eigenvalue weighted by atomic mass is 10.2. The molecule has 0 spiro atoms. The van der Waals surface area contributed by atoms with Crippen LogP contribution in [-0.4, -0.2) is 26.7 Å². The quantitative estimate of drug-likeness (QED) is 0.671. The number of nitrogens with zero attached hydrogens (tertiary/aromatic N) is 3. The van der Waals surface area contributed by atoms with Gasteiger partial charge in [-0.1, -0.05) is 12.1 Å². The van der Waals surface area contributed by atoms with E-state index in [2.05, 4.69) is 30.8 Å². The Bertz CT molecular complexity index is 754. The van der Waals surface area contributed by atoms with Crippen molar-refractivity contribution in [2.24, 2.45) is 0 Å². The smallest absolute Gasteiger partial charge is 0.226 e. The predicted molar refractivity (Wildman–Crippen MR) is 79.6 cm³/mol. The molecular formula is C14H15FN6. The average molecular weight is 286 g/mol. The van der Waals surface area contributed by atoms with Crippen molar-refractivity contribution in [1.82, 2.24) is 20.2 Å². The van der Waals surface area contributed by atoms with Crippen LogP contribution in [0.4, 0.5) is 16.2 Å². The molecule has 2 heterocycles. The van der Waals surface area contributed by atoms with Gasteiger partial charge >= 0.3 is 0 Å². The molecule has 3 rings (SSSR count). The van der Waals surface area contributed by atoms with Gasteiger partial charge in [-0.05, 0) is 24.6 Å². The highest BCUT2D eigenvalue weighted by Crippen LogP contribution is 2.20. The number of anilines is 2. The van der Waals surface area contributed by atoms with Crippen molar-refractivity contribution in [3.63, 3.8) is 0 Å². The first-order valence-corrected chi connectivity index (χ1v) is 6.69. The number of aromatic amines is 1. The van der Waals surface area contributed by atoms with Gasteiger partial charge in [-0.3, -0.25) is 5.10 Å². The van der Waals surface area contributed by atoms with Crippen LogP contribution in [0.5, 0.6) is 0 Å². The molecule has 21 heavy (non-hydrogen) atoms. The Balaban J connectivity index is 1.86. The van der Waals surface area contributed by atoms with Crippen LogP contribution in [0.15, 0.2) is 30.5 Å². The molecule has 6 nitrogen and oxygen atoms in total. The van der Waals surface area contributed by atoms with Crippen molar-refractivity contribution < 1.29 is 4.39 Å². The van der Waals surface area contributed by atoms with E-state index in [-0.39, 0.29) is 5.82 Å². The minimum atomic E-state index is -0.251. The van der Waals surface area contributed by atoms with Crippen LogP contribution in [0.2, 0.25) is 0 Å². The van der Waals surface area contributed by atoms with Crippen molar-refractivity contribution in [3.05, 3.63) is 41.8 Å². The van der Waals surface area contributed by atoms with Gasteiger partial charge < -0.3 is 10.6 Å². The van der Waals surface area contributed by atoms with Gasteiger partial charge in [-0.25, -0.2) is 4.39 Å². The van der Waals surface area contributed by atoms with Crippen LogP contribution < -0.4 is 10.6 Å². The maximum absolute atomic E-state index is 13.2. The molecule has 0 aliphatic carbocycles. The molecule has 2 aromatic heterocycles. The summed E-state index contributed by atoms with van der Waals surface area (Å²) in [7, 11) is 0. The summed E-state index contributed by atoms with van der Waals surface area (Å²) in [5.41, 5.74) is 1.50. The maximum Gasteiger partial charge on any atom is 0.226 e. The molecule has 0 radical (unpaired) electrons. The monoisotopic (exact) mass is 286 g/mol. The molecule has 0 fully saturated rings. The molecule has 0 saturated carbocycles. The first kappa shape index (κ1) is 13.3. The van der Waals surface area contributed by atoms with Crippen molar-refractivity contribution in [2.45, 2.75) is 13.5 Å². The Labute approximate surface area is 120 Å². The molecule has 1 aromatic carbocycles. The summed E-state index contributed by atoms with van der Waals surface area (Å²) in [5.74, 6) is 0.934. The van der Waals surface area contributed by atoms with E-state index in [0.29, 0.717) is 24.0 Å². The van der Waals surface area contributed by atoms with E-state index in [1.165, 1.54) is 12.1 Å². The van der Waals surface area contributed by atoms with E-state index in [1.54, 1.807) is 12.3 Å². The summed E-state index contributed by atoms with van der Waals surface area (Å²) in [4.78, 5) is 8.73. The Morgan fingerprint density at radius 2 is 2.14 bits per heavy atom. The fraction of sp³-hybridized carbons (Fsp3) is 0.214. The topological polar surface area (TPSA) is 78.5 Å². The molecule has 0 saturated heterocycles. The Kier molecular flexibility index (Phi) is 3.63. The number of benzene rings is 1. The molecule has 0 bridgehead atoms. The predicted octanol–water partition coefficient (Wildman–Crippen LogP) is 2.54. The van der Waals surface area contributed by atoms with Crippen LogP contribution >= 0.6 is 0 Å². The van der Waals surface area contributed by atoms with Crippen molar-refractivity contribution in [1.29, 1.82) is 0 Å². The second-order valence-electron chi connectivity index (χ2n) is 4.54. The standard InChI is InChI=1S/C14H15FN6/c1-2-16-14-19-12(11-8-18-21-13(11)20-14)17-7-9-4-3-5-10(15)6-9/h3-6,8H,2,7H2,1H3,(H3,16,17,18,19,20,21). The summed E-state index contributed by atoms with van der Waals surface area (Å²) >= 11 is 0. The highest BCUT2D eigenvalue weighted by molar-refractivity contribution is 5.86. The van der Waals surface area contributed by atoms with E-state index in [9.17, 15) is 4.39 Å². The Morgan fingerprint density at radius 1 is 1.24 bits per heavy atom. The zero-order valence-electron chi connectivity index (χ0n) is 11.5. The van der Waals surface area contributed by atoms with Crippen LogP contribution in [0.25, 0.3) is 11.0 Å². The summed E-state index contributed by atoms with van der Waals surface area (Å²) < 4.78 is 13.2. The molecule has 108 valence electrons. The van der Waals surface area contributed by atoms with E-state index in [0.717, 1.165) is 17.5 Å². The fourth-order valence-electron chi connectivity index (χ4n) is 2.04. The molecule has 3 N–H and O–H groups in total. The molecule has 0 amide bonds. The van der Waals surface area contributed by atoms with E-state index in [4.69, 9.17) is 0 Å². The van der Waals surface area contributed by atoms with Gasteiger partial charge in [0.05, 0.1) is 11.6 Å². The summed E-state index contributed by atoms with van der Waals surface area (Å²) in [6.45, 7) is 3.17. The van der Waals surface area contributed by atoms with Crippen LogP contribution in [0.3, 0.4) is 0 Å². The lowest BCUT2D eigenvalue weighted by Crippen LogP contribution is -2.07. The first-order chi connectivity index (χ1) is 10.3. The molecule has 0 aliphatic rings. The number of hydrogen-bond acceptors (Lipinski definition) is 5. The Morgan fingerprint density at radius 3 is 2.95 bits per heavy atom. The van der Waals surface area contributed by atoms with Gasteiger partial charge in [0.1, 0.15) is 11.6 Å². The molecular weight excluding hydrogens is 271 g/mol. The molecule has 0 unspecified atom stereocenters. The number of rotatable bonds is 5. The SMILES string of the molecule is CCNc1nc(NCc2cccc(F)c2)c2cn[nH]c2n1. The number of hydrogen-bond donors (Lipinski definition) is 3. The number of halogens is 1. The number of fused-ring (bicyclic) bond motifs is 1. The zero-order valence-corrected chi connectivity index (χ0v) is 11.5. The molecule has 0 atom stereocenters. The van der Waals surface area contributed by atoms with Crippen LogP contribution in [0, 0.1) is 5.82 Å². The van der Waals surface area contributed by atoms with Crippen molar-refractivity contribution >= 4 is 22.8 Å². The fourth-order valence-corrected chi connectivity index (χ4v) is 2.04. The zero-order chi connectivity index (χ0) is 14.7. The van der Waals surface area contributed by atoms with Gasteiger partial charge in [0, 0.05) is 13.1 Å². The van der Waals surface area contributed by atoms with Gasteiger partial charge in [0.15, 0.2) is 5.65 Å². The number of aromatic nitrogens is 4. The number of H-pyrrole nitrogens is 1. The second-order valence-corrected chi connectivity index (χ2v) is 4.54. The third kappa shape index (κ3) is 2.91. The summed E-state index contributed by atoms with van der Waals surface area (Å²) in [6.07, 6.45) is 1.67. The average Bonchev–Trinajstić information content (AvgIpc) is 2.93. The van der Waals surface area contributed by atoms with E-state index >= 15 is 0 Å². The van der Waals surface area contributed by atoms with E-state index < -0.39 is 0 Å².